The first kappa shape index (κ1) is 13.2. The average molecular weight is 261 g/mol. The first-order valence-corrected chi connectivity index (χ1v) is 5.81. The molecule has 0 saturated carbocycles. The minimum atomic E-state index is -0.989. The molecular formula is C14H15NO4. The van der Waals surface area contributed by atoms with Gasteiger partial charge in [0.05, 0.1) is 18.7 Å². The minimum absolute atomic E-state index is 0.157. The lowest BCUT2D eigenvalue weighted by Crippen LogP contribution is -1.99. The van der Waals surface area contributed by atoms with Gasteiger partial charge in [0, 0.05) is 12.8 Å². The largest absolute Gasteiger partial charge is 0.478 e. The zero-order valence-corrected chi connectivity index (χ0v) is 10.6. The highest BCUT2D eigenvalue weighted by Crippen LogP contribution is 2.14. The van der Waals surface area contributed by atoms with Gasteiger partial charge in [-0.15, -0.1) is 0 Å². The Hall–Kier alpha value is -2.27. The molecule has 0 fully saturated rings. The van der Waals surface area contributed by atoms with E-state index < -0.39 is 5.97 Å². The molecule has 0 spiro atoms. The van der Waals surface area contributed by atoms with Crippen LogP contribution in [-0.4, -0.2) is 18.2 Å². The first-order chi connectivity index (χ1) is 9.19. The Morgan fingerprint density at radius 1 is 1.42 bits per heavy atom. The van der Waals surface area contributed by atoms with Crippen LogP contribution in [0.25, 0.3) is 0 Å². The molecular weight excluding hydrogens is 246 g/mol. The van der Waals surface area contributed by atoms with E-state index in [2.05, 4.69) is 5.32 Å². The van der Waals surface area contributed by atoms with Gasteiger partial charge in [0.1, 0.15) is 12.0 Å². The normalized spacial score (nSPS) is 10.4. The van der Waals surface area contributed by atoms with Gasteiger partial charge < -0.3 is 19.6 Å². The Labute approximate surface area is 110 Å². The van der Waals surface area contributed by atoms with Gasteiger partial charge in [-0.2, -0.15) is 0 Å². The molecule has 0 amide bonds. The number of benzene rings is 1. The van der Waals surface area contributed by atoms with Crippen molar-refractivity contribution in [2.24, 2.45) is 0 Å². The minimum Gasteiger partial charge on any atom is -0.478 e. The molecule has 0 saturated heterocycles. The van der Waals surface area contributed by atoms with Crippen molar-refractivity contribution < 1.29 is 19.1 Å². The maximum Gasteiger partial charge on any atom is 0.338 e. The molecule has 0 aliphatic rings. The molecule has 1 heterocycles. The van der Waals surface area contributed by atoms with Crippen LogP contribution >= 0.6 is 0 Å². The number of furan rings is 1. The van der Waals surface area contributed by atoms with Crippen molar-refractivity contribution >= 4 is 11.7 Å². The van der Waals surface area contributed by atoms with E-state index in [0.29, 0.717) is 18.9 Å². The van der Waals surface area contributed by atoms with Crippen LogP contribution < -0.4 is 5.32 Å². The maximum atomic E-state index is 10.7. The SMILES string of the molecule is COCc1cccc(NCc2cc(C(=O)O)co2)c1. The van der Waals surface area contributed by atoms with Crippen molar-refractivity contribution in [1.82, 2.24) is 0 Å². The lowest BCUT2D eigenvalue weighted by Gasteiger charge is -2.06. The van der Waals surface area contributed by atoms with Crippen LogP contribution in [0.2, 0.25) is 0 Å². The fraction of sp³-hybridized carbons (Fsp3) is 0.214. The van der Waals surface area contributed by atoms with Gasteiger partial charge in [-0.3, -0.25) is 0 Å². The summed E-state index contributed by atoms with van der Waals surface area (Å²) < 4.78 is 10.2. The van der Waals surface area contributed by atoms with E-state index in [-0.39, 0.29) is 5.56 Å². The number of carbonyl (C=O) groups is 1. The molecule has 0 atom stereocenters. The Morgan fingerprint density at radius 3 is 2.95 bits per heavy atom. The third kappa shape index (κ3) is 3.59. The standard InChI is InChI=1S/C14H15NO4/c1-18-8-10-3-2-4-12(5-10)15-7-13-6-11(9-19-13)14(16)17/h2-6,9,15H,7-8H2,1H3,(H,16,17). The van der Waals surface area contributed by atoms with E-state index in [1.807, 2.05) is 24.3 Å². The van der Waals surface area contributed by atoms with Crippen molar-refractivity contribution in [3.8, 4) is 0 Å². The number of carboxylic acid groups (broad SMARTS) is 1. The van der Waals surface area contributed by atoms with Crippen LogP contribution in [0.1, 0.15) is 21.7 Å². The molecule has 1 aromatic heterocycles. The van der Waals surface area contributed by atoms with E-state index in [9.17, 15) is 4.79 Å². The van der Waals surface area contributed by atoms with E-state index in [4.69, 9.17) is 14.3 Å². The zero-order valence-electron chi connectivity index (χ0n) is 10.6. The number of methoxy groups -OCH3 is 1. The van der Waals surface area contributed by atoms with Crippen LogP contribution in [0, 0.1) is 0 Å². The molecule has 1 aromatic carbocycles. The van der Waals surface area contributed by atoms with E-state index in [0.717, 1.165) is 11.3 Å². The summed E-state index contributed by atoms with van der Waals surface area (Å²) in [6.07, 6.45) is 1.24. The second-order valence-corrected chi connectivity index (χ2v) is 4.09. The van der Waals surface area contributed by atoms with Gasteiger partial charge in [0.25, 0.3) is 0 Å². The highest BCUT2D eigenvalue weighted by Gasteiger charge is 2.07. The lowest BCUT2D eigenvalue weighted by atomic mass is 10.2. The molecule has 2 aromatic rings. The van der Waals surface area contributed by atoms with Gasteiger partial charge in [0.2, 0.25) is 0 Å². The average Bonchev–Trinajstić information content (AvgIpc) is 2.86. The second-order valence-electron chi connectivity index (χ2n) is 4.09. The Bertz CT molecular complexity index is 562. The number of hydrogen-bond donors (Lipinski definition) is 2. The molecule has 0 radical (unpaired) electrons. The summed E-state index contributed by atoms with van der Waals surface area (Å²) in [4.78, 5) is 10.7. The molecule has 0 bridgehead atoms. The summed E-state index contributed by atoms with van der Waals surface area (Å²) in [6.45, 7) is 0.989. The quantitative estimate of drug-likeness (QED) is 0.836. The van der Waals surface area contributed by atoms with Crippen molar-refractivity contribution in [3.05, 3.63) is 53.5 Å². The van der Waals surface area contributed by atoms with Crippen LogP contribution in [0.4, 0.5) is 5.69 Å². The van der Waals surface area contributed by atoms with Crippen LogP contribution in [0.3, 0.4) is 0 Å². The number of ether oxygens (including phenoxy) is 1. The van der Waals surface area contributed by atoms with Crippen molar-refractivity contribution in [1.29, 1.82) is 0 Å². The van der Waals surface area contributed by atoms with Gasteiger partial charge in [-0.25, -0.2) is 4.79 Å². The molecule has 0 aliphatic heterocycles. The number of anilines is 1. The van der Waals surface area contributed by atoms with Crippen molar-refractivity contribution in [2.75, 3.05) is 12.4 Å². The molecule has 5 nitrogen and oxygen atoms in total. The number of carboxylic acids is 1. The highest BCUT2D eigenvalue weighted by molar-refractivity contribution is 5.87. The number of nitrogens with one attached hydrogen (secondary N) is 1. The van der Waals surface area contributed by atoms with Crippen molar-refractivity contribution in [3.63, 3.8) is 0 Å². The fourth-order valence-corrected chi connectivity index (χ4v) is 1.71. The predicted molar refractivity (Wildman–Crippen MR) is 70.1 cm³/mol. The summed E-state index contributed by atoms with van der Waals surface area (Å²) in [5, 5.41) is 12.0. The van der Waals surface area contributed by atoms with E-state index in [1.165, 1.54) is 12.3 Å². The molecule has 5 heteroatoms. The Morgan fingerprint density at radius 2 is 2.26 bits per heavy atom. The summed E-state index contributed by atoms with van der Waals surface area (Å²) in [5.74, 6) is -0.411. The second kappa shape index (κ2) is 6.06. The predicted octanol–water partition coefficient (Wildman–Crippen LogP) is 2.74. The third-order valence-corrected chi connectivity index (χ3v) is 2.61. The number of aromatic carboxylic acids is 1. The number of rotatable bonds is 6. The van der Waals surface area contributed by atoms with Crippen LogP contribution in [-0.2, 0) is 17.9 Å². The smallest absolute Gasteiger partial charge is 0.338 e. The molecule has 19 heavy (non-hydrogen) atoms. The summed E-state index contributed by atoms with van der Waals surface area (Å²) in [7, 11) is 1.65. The van der Waals surface area contributed by atoms with Gasteiger partial charge in [0.15, 0.2) is 0 Å². The Kier molecular flexibility index (Phi) is 4.20. The number of hydrogen-bond acceptors (Lipinski definition) is 4. The Balaban J connectivity index is 1.97. The monoisotopic (exact) mass is 261 g/mol. The molecule has 2 rings (SSSR count). The van der Waals surface area contributed by atoms with Crippen LogP contribution in [0.5, 0.6) is 0 Å². The van der Waals surface area contributed by atoms with E-state index >= 15 is 0 Å². The van der Waals surface area contributed by atoms with Gasteiger partial charge in [-0.05, 0) is 23.8 Å². The van der Waals surface area contributed by atoms with Gasteiger partial charge in [-0.1, -0.05) is 12.1 Å². The lowest BCUT2D eigenvalue weighted by molar-refractivity contribution is 0.0696. The highest BCUT2D eigenvalue weighted by atomic mass is 16.5. The first-order valence-electron chi connectivity index (χ1n) is 5.81. The fourth-order valence-electron chi connectivity index (χ4n) is 1.71. The summed E-state index contributed by atoms with van der Waals surface area (Å²) >= 11 is 0. The molecule has 100 valence electrons. The molecule has 0 aliphatic carbocycles. The van der Waals surface area contributed by atoms with Crippen molar-refractivity contribution in [2.45, 2.75) is 13.2 Å². The summed E-state index contributed by atoms with van der Waals surface area (Å²) in [5.41, 5.74) is 2.16. The van der Waals surface area contributed by atoms with E-state index in [1.54, 1.807) is 7.11 Å². The zero-order chi connectivity index (χ0) is 13.7. The summed E-state index contributed by atoms with van der Waals surface area (Å²) in [6, 6.07) is 9.32. The maximum absolute atomic E-state index is 10.7. The molecule has 0 unspecified atom stereocenters. The topological polar surface area (TPSA) is 71.7 Å². The molecule has 2 N–H and O–H groups in total. The van der Waals surface area contributed by atoms with Crippen LogP contribution in [0.15, 0.2) is 41.0 Å². The van der Waals surface area contributed by atoms with Gasteiger partial charge >= 0.3 is 5.97 Å². The third-order valence-electron chi connectivity index (χ3n) is 2.61.